The lowest BCUT2D eigenvalue weighted by atomic mass is 10.0. The van der Waals surface area contributed by atoms with E-state index >= 15 is 0 Å². The second-order valence-corrected chi connectivity index (χ2v) is 6.47. The molecule has 1 aliphatic rings. The molecule has 1 saturated heterocycles. The van der Waals surface area contributed by atoms with Gasteiger partial charge < -0.3 is 10.2 Å². The number of hydrogen-bond donors (Lipinski definition) is 2. The largest absolute Gasteiger partial charge is 0.355 e. The third kappa shape index (κ3) is 4.66. The second kappa shape index (κ2) is 8.64. The summed E-state index contributed by atoms with van der Waals surface area (Å²) in [6.07, 6.45) is -0.725. The second-order valence-electron chi connectivity index (χ2n) is 6.47. The fraction of sp³-hybridized carbons (Fsp3) is 0.190. The van der Waals surface area contributed by atoms with Crippen LogP contribution in [-0.4, -0.2) is 30.1 Å². The zero-order valence-corrected chi connectivity index (χ0v) is 15.8. The predicted molar refractivity (Wildman–Crippen MR) is 108 cm³/mol. The van der Waals surface area contributed by atoms with E-state index in [9.17, 15) is 18.4 Å². The minimum Gasteiger partial charge on any atom is -0.355 e. The van der Waals surface area contributed by atoms with E-state index in [0.717, 1.165) is 11.1 Å². The average molecular weight is 398 g/mol. The Labute approximate surface area is 166 Å². The highest BCUT2D eigenvalue weighted by molar-refractivity contribution is 6.01. The van der Waals surface area contributed by atoms with Crippen molar-refractivity contribution in [3.05, 3.63) is 65.2 Å². The van der Waals surface area contributed by atoms with Crippen LogP contribution in [0.3, 0.4) is 0 Å². The Morgan fingerprint density at radius 2 is 2.00 bits per heavy atom. The highest BCUT2D eigenvalue weighted by atomic mass is 19.3. The van der Waals surface area contributed by atoms with Gasteiger partial charge in [0.1, 0.15) is 6.54 Å². The minimum absolute atomic E-state index is 0.0147. The van der Waals surface area contributed by atoms with Crippen molar-refractivity contribution in [3.63, 3.8) is 0 Å². The van der Waals surface area contributed by atoms with Gasteiger partial charge in [-0.3, -0.25) is 15.1 Å². The number of imide groups is 1. The first-order valence-corrected chi connectivity index (χ1v) is 8.91. The van der Waals surface area contributed by atoms with E-state index in [0.29, 0.717) is 17.1 Å². The molecular formula is C21H20F2N4O2. The summed E-state index contributed by atoms with van der Waals surface area (Å²) in [4.78, 5) is 28.6. The van der Waals surface area contributed by atoms with Crippen molar-refractivity contribution < 1.29 is 18.4 Å². The number of carbonyl (C=O) groups excluding carboxylic acids is 2. The van der Waals surface area contributed by atoms with Crippen molar-refractivity contribution in [2.75, 3.05) is 11.9 Å². The van der Waals surface area contributed by atoms with Crippen molar-refractivity contribution in [2.45, 2.75) is 19.9 Å². The van der Waals surface area contributed by atoms with Crippen molar-refractivity contribution in [1.29, 1.82) is 0 Å². The molecule has 2 aromatic carbocycles. The number of amides is 3. The lowest BCUT2D eigenvalue weighted by Crippen LogP contribution is -2.27. The SMILES string of the molecule is C=N/C(=C\C)c1cc(CN2CC(=O)NC2=O)ccc1Nc1ccc(C(F)F)cc1. The molecule has 0 radical (unpaired) electrons. The van der Waals surface area contributed by atoms with E-state index in [4.69, 9.17) is 0 Å². The molecule has 29 heavy (non-hydrogen) atoms. The Balaban J connectivity index is 1.89. The fourth-order valence-electron chi connectivity index (χ4n) is 3.04. The van der Waals surface area contributed by atoms with E-state index in [1.807, 2.05) is 25.1 Å². The summed E-state index contributed by atoms with van der Waals surface area (Å²) < 4.78 is 25.5. The van der Waals surface area contributed by atoms with E-state index in [2.05, 4.69) is 22.3 Å². The first kappa shape index (κ1) is 20.2. The summed E-state index contributed by atoms with van der Waals surface area (Å²) >= 11 is 0. The predicted octanol–water partition coefficient (Wildman–Crippen LogP) is 4.48. The highest BCUT2D eigenvalue weighted by Gasteiger charge is 2.26. The number of allylic oxidation sites excluding steroid dienone is 1. The van der Waals surface area contributed by atoms with Crippen LogP contribution in [0.1, 0.15) is 30.0 Å². The van der Waals surface area contributed by atoms with Crippen LogP contribution in [0.25, 0.3) is 5.70 Å². The highest BCUT2D eigenvalue weighted by Crippen LogP contribution is 2.30. The molecule has 6 nitrogen and oxygen atoms in total. The number of alkyl halides is 2. The fourth-order valence-corrected chi connectivity index (χ4v) is 3.04. The zero-order valence-electron chi connectivity index (χ0n) is 15.8. The summed E-state index contributed by atoms with van der Waals surface area (Å²) in [5.41, 5.74) is 3.48. The molecule has 150 valence electrons. The Morgan fingerprint density at radius 3 is 2.55 bits per heavy atom. The van der Waals surface area contributed by atoms with Gasteiger partial charge in [-0.05, 0) is 43.5 Å². The monoisotopic (exact) mass is 398 g/mol. The smallest absolute Gasteiger partial charge is 0.324 e. The van der Waals surface area contributed by atoms with Crippen LogP contribution in [0.5, 0.6) is 0 Å². The zero-order chi connectivity index (χ0) is 21.0. The van der Waals surface area contributed by atoms with E-state index in [-0.39, 0.29) is 24.6 Å². The third-order valence-electron chi connectivity index (χ3n) is 4.49. The molecule has 2 aromatic rings. The summed E-state index contributed by atoms with van der Waals surface area (Å²) in [6.45, 7) is 5.70. The molecule has 0 saturated carbocycles. The van der Waals surface area contributed by atoms with Crippen molar-refractivity contribution in [3.8, 4) is 0 Å². The minimum atomic E-state index is -2.52. The number of hydrogen-bond acceptors (Lipinski definition) is 4. The number of nitrogens with zero attached hydrogens (tertiary/aromatic N) is 2. The standard InChI is InChI=1S/C21H20F2N4O2/c1-3-17(24-2)16-10-13(11-27-12-19(28)26-21(27)29)4-9-18(16)25-15-7-5-14(6-8-15)20(22)23/h3-10,20,25H,2,11-12H2,1H3,(H,26,28,29)/b17-3-. The molecule has 1 heterocycles. The van der Waals surface area contributed by atoms with E-state index in [1.165, 1.54) is 17.0 Å². The van der Waals surface area contributed by atoms with Gasteiger partial charge in [0.25, 0.3) is 6.43 Å². The summed E-state index contributed by atoms with van der Waals surface area (Å²) in [6, 6.07) is 11.0. The number of aliphatic imine (C=N–C) groups is 1. The number of rotatable bonds is 7. The van der Waals surface area contributed by atoms with Crippen LogP contribution < -0.4 is 10.6 Å². The van der Waals surface area contributed by atoms with E-state index in [1.54, 1.807) is 18.2 Å². The van der Waals surface area contributed by atoms with Crippen LogP contribution in [0.15, 0.2) is 53.5 Å². The van der Waals surface area contributed by atoms with Crippen LogP contribution in [0, 0.1) is 0 Å². The molecule has 0 bridgehead atoms. The van der Waals surface area contributed by atoms with Gasteiger partial charge in [-0.1, -0.05) is 24.3 Å². The van der Waals surface area contributed by atoms with Gasteiger partial charge in [-0.25, -0.2) is 13.6 Å². The number of carbonyl (C=O) groups is 2. The molecule has 1 aliphatic heterocycles. The molecule has 0 unspecified atom stereocenters. The molecule has 8 heteroatoms. The number of benzene rings is 2. The van der Waals surface area contributed by atoms with Crippen molar-refractivity contribution in [1.82, 2.24) is 10.2 Å². The van der Waals surface area contributed by atoms with E-state index < -0.39 is 12.5 Å². The lowest BCUT2D eigenvalue weighted by molar-refractivity contribution is -0.118. The lowest BCUT2D eigenvalue weighted by Gasteiger charge is -2.17. The van der Waals surface area contributed by atoms with Gasteiger partial charge in [0, 0.05) is 29.0 Å². The maximum absolute atomic E-state index is 12.7. The first-order valence-electron chi connectivity index (χ1n) is 8.91. The molecule has 0 aliphatic carbocycles. The molecule has 2 N–H and O–H groups in total. The molecule has 0 spiro atoms. The van der Waals surface area contributed by atoms with Crippen LogP contribution in [-0.2, 0) is 11.3 Å². The normalized spacial score (nSPS) is 14.3. The van der Waals surface area contributed by atoms with Crippen LogP contribution >= 0.6 is 0 Å². The average Bonchev–Trinajstić information content (AvgIpc) is 3.02. The molecule has 3 rings (SSSR count). The molecule has 0 aromatic heterocycles. The third-order valence-corrected chi connectivity index (χ3v) is 4.49. The number of nitrogens with one attached hydrogen (secondary N) is 2. The van der Waals surface area contributed by atoms with Crippen LogP contribution in [0.2, 0.25) is 0 Å². The van der Waals surface area contributed by atoms with Gasteiger partial charge in [-0.2, -0.15) is 0 Å². The summed E-state index contributed by atoms with van der Waals surface area (Å²) in [5, 5.41) is 5.45. The number of urea groups is 1. The van der Waals surface area contributed by atoms with Gasteiger partial charge in [0.15, 0.2) is 0 Å². The van der Waals surface area contributed by atoms with Crippen molar-refractivity contribution in [2.24, 2.45) is 4.99 Å². The van der Waals surface area contributed by atoms with Gasteiger partial charge >= 0.3 is 6.03 Å². The maximum atomic E-state index is 12.7. The molecule has 3 amide bonds. The quantitative estimate of drug-likeness (QED) is 0.533. The number of halogens is 2. The van der Waals surface area contributed by atoms with Gasteiger partial charge in [-0.15, -0.1) is 0 Å². The number of anilines is 2. The topological polar surface area (TPSA) is 73.8 Å². The Bertz CT molecular complexity index is 971. The van der Waals surface area contributed by atoms with Crippen LogP contribution in [0.4, 0.5) is 25.0 Å². The molecular weight excluding hydrogens is 378 g/mol. The maximum Gasteiger partial charge on any atom is 0.324 e. The Hall–Kier alpha value is -3.55. The molecule has 1 fully saturated rings. The first-order chi connectivity index (χ1) is 13.9. The van der Waals surface area contributed by atoms with Gasteiger partial charge in [0.2, 0.25) is 5.91 Å². The Morgan fingerprint density at radius 1 is 1.28 bits per heavy atom. The van der Waals surface area contributed by atoms with Gasteiger partial charge in [0.05, 0.1) is 5.70 Å². The summed E-state index contributed by atoms with van der Waals surface area (Å²) in [5.74, 6) is -0.331. The summed E-state index contributed by atoms with van der Waals surface area (Å²) in [7, 11) is 0. The van der Waals surface area contributed by atoms with Crippen molar-refractivity contribution >= 4 is 35.7 Å². The molecule has 0 atom stereocenters. The Kier molecular flexibility index (Phi) is 6.01.